The topological polar surface area (TPSA) is 108 Å². The Hall–Kier alpha value is -2.35. The average molecular weight is 348 g/mol. The van der Waals surface area contributed by atoms with Crippen molar-refractivity contribution in [3.63, 3.8) is 0 Å². The Morgan fingerprint density at radius 2 is 2.00 bits per heavy atom. The zero-order chi connectivity index (χ0) is 17.6. The smallest absolute Gasteiger partial charge is 0.303 e. The largest absolute Gasteiger partial charge is 0.481 e. The Balaban J connectivity index is 1.89. The predicted molar refractivity (Wildman–Crippen MR) is 90.8 cm³/mol. The molecule has 8 heteroatoms. The molecule has 0 aliphatic rings. The van der Waals surface area contributed by atoms with Crippen LogP contribution in [0, 0.1) is 0 Å². The van der Waals surface area contributed by atoms with Gasteiger partial charge in [-0.3, -0.25) is 14.7 Å². The Morgan fingerprint density at radius 3 is 2.58 bits per heavy atom. The van der Waals surface area contributed by atoms with E-state index >= 15 is 0 Å². The summed E-state index contributed by atoms with van der Waals surface area (Å²) in [7, 11) is 0. The van der Waals surface area contributed by atoms with Gasteiger partial charge >= 0.3 is 5.97 Å². The zero-order valence-electron chi connectivity index (χ0n) is 13.6. The van der Waals surface area contributed by atoms with E-state index in [1.165, 1.54) is 18.1 Å². The number of amides is 1. The van der Waals surface area contributed by atoms with Gasteiger partial charge in [-0.05, 0) is 38.0 Å². The molecule has 2 rings (SSSR count). The Kier molecular flexibility index (Phi) is 5.97. The van der Waals surface area contributed by atoms with E-state index in [0.717, 1.165) is 16.5 Å². The van der Waals surface area contributed by atoms with Crippen LogP contribution in [0.3, 0.4) is 0 Å². The number of rotatable bonds is 8. The predicted octanol–water partition coefficient (Wildman–Crippen LogP) is 2.47. The van der Waals surface area contributed by atoms with Crippen molar-refractivity contribution in [1.29, 1.82) is 0 Å². The molecule has 1 aromatic heterocycles. The lowest BCUT2D eigenvalue weighted by Crippen LogP contribution is -2.43. The minimum absolute atomic E-state index is 0.0189. The van der Waals surface area contributed by atoms with E-state index in [-0.39, 0.29) is 12.3 Å². The van der Waals surface area contributed by atoms with Crippen LogP contribution in [0.1, 0.15) is 42.6 Å². The van der Waals surface area contributed by atoms with Gasteiger partial charge in [0.05, 0.1) is 0 Å². The number of aliphatic carboxylic acids is 1. The first-order chi connectivity index (χ1) is 11.4. The molecule has 0 fully saturated rings. The van der Waals surface area contributed by atoms with Crippen LogP contribution in [-0.4, -0.2) is 37.7 Å². The van der Waals surface area contributed by atoms with E-state index in [2.05, 4.69) is 20.5 Å². The number of carbonyl (C=O) groups excluding carboxylic acids is 1. The molecule has 1 heterocycles. The normalized spacial score (nSPS) is 11.2. The number of aromatic amines is 1. The average Bonchev–Trinajstić information content (AvgIpc) is 3.04. The number of hydrogen-bond acceptors (Lipinski definition) is 5. The third-order valence-electron chi connectivity index (χ3n) is 3.40. The van der Waals surface area contributed by atoms with Crippen molar-refractivity contribution in [2.45, 2.75) is 43.1 Å². The van der Waals surface area contributed by atoms with E-state index in [9.17, 15) is 9.59 Å². The molecule has 24 heavy (non-hydrogen) atoms. The lowest BCUT2D eigenvalue weighted by Gasteiger charge is -2.25. The van der Waals surface area contributed by atoms with Crippen molar-refractivity contribution < 1.29 is 14.7 Å². The molecule has 2 aromatic rings. The van der Waals surface area contributed by atoms with Gasteiger partial charge in [-0.1, -0.05) is 23.9 Å². The SMILES string of the molecule is CC(C)(CCC(=O)O)NC(=O)c1ccc(CSc2ncn[nH]2)cc1. The number of aromatic nitrogens is 3. The first-order valence-electron chi connectivity index (χ1n) is 7.47. The van der Waals surface area contributed by atoms with Crippen LogP contribution < -0.4 is 5.32 Å². The maximum absolute atomic E-state index is 12.3. The molecular formula is C16H20N4O3S. The van der Waals surface area contributed by atoms with Crippen LogP contribution in [0.25, 0.3) is 0 Å². The molecule has 0 aliphatic heterocycles. The third kappa shape index (κ3) is 5.69. The summed E-state index contributed by atoms with van der Waals surface area (Å²) in [5, 5.41) is 18.9. The summed E-state index contributed by atoms with van der Waals surface area (Å²) in [6.45, 7) is 3.63. The molecule has 3 N–H and O–H groups in total. The van der Waals surface area contributed by atoms with Crippen molar-refractivity contribution >= 4 is 23.6 Å². The van der Waals surface area contributed by atoms with E-state index in [1.807, 2.05) is 26.0 Å². The quantitative estimate of drug-likeness (QED) is 0.633. The van der Waals surface area contributed by atoms with Gasteiger partial charge in [0.1, 0.15) is 6.33 Å². The first-order valence-corrected chi connectivity index (χ1v) is 8.46. The summed E-state index contributed by atoms with van der Waals surface area (Å²) < 4.78 is 0. The van der Waals surface area contributed by atoms with Crippen molar-refractivity contribution in [3.05, 3.63) is 41.7 Å². The molecule has 0 bridgehead atoms. The summed E-state index contributed by atoms with van der Waals surface area (Å²) in [4.78, 5) is 27.0. The van der Waals surface area contributed by atoms with Crippen molar-refractivity contribution in [1.82, 2.24) is 20.5 Å². The van der Waals surface area contributed by atoms with Crippen molar-refractivity contribution in [2.24, 2.45) is 0 Å². The molecule has 0 saturated heterocycles. The Morgan fingerprint density at radius 1 is 1.29 bits per heavy atom. The summed E-state index contributed by atoms with van der Waals surface area (Å²) in [5.74, 6) is -0.355. The van der Waals surface area contributed by atoms with Crippen LogP contribution >= 0.6 is 11.8 Å². The lowest BCUT2D eigenvalue weighted by atomic mass is 9.97. The van der Waals surface area contributed by atoms with Crippen LogP contribution in [0.5, 0.6) is 0 Å². The first kappa shape index (κ1) is 18.0. The Labute approximate surface area is 144 Å². The Bertz CT molecular complexity index is 684. The molecule has 0 saturated carbocycles. The van der Waals surface area contributed by atoms with Gasteiger partial charge < -0.3 is 10.4 Å². The highest BCUT2D eigenvalue weighted by molar-refractivity contribution is 7.98. The number of carbonyl (C=O) groups is 2. The van der Waals surface area contributed by atoms with E-state index in [4.69, 9.17) is 5.11 Å². The van der Waals surface area contributed by atoms with E-state index in [0.29, 0.717) is 12.0 Å². The highest BCUT2D eigenvalue weighted by atomic mass is 32.2. The second kappa shape index (κ2) is 7.96. The maximum Gasteiger partial charge on any atom is 0.303 e. The molecule has 0 aliphatic carbocycles. The molecule has 1 amide bonds. The molecule has 0 spiro atoms. The standard InChI is InChI=1S/C16H20N4O3S/c1-16(2,8-7-13(21)22)19-14(23)12-5-3-11(4-6-12)9-24-15-17-10-18-20-15/h3-6,10H,7-9H2,1-2H3,(H,19,23)(H,21,22)(H,17,18,20). The van der Waals surface area contributed by atoms with Gasteiger partial charge in [0, 0.05) is 23.3 Å². The summed E-state index contributed by atoms with van der Waals surface area (Å²) in [5.41, 5.74) is 1.04. The number of carboxylic acids is 1. The monoisotopic (exact) mass is 348 g/mol. The highest BCUT2D eigenvalue weighted by Gasteiger charge is 2.22. The van der Waals surface area contributed by atoms with E-state index in [1.54, 1.807) is 12.1 Å². The van der Waals surface area contributed by atoms with Crippen molar-refractivity contribution in [2.75, 3.05) is 0 Å². The molecule has 0 unspecified atom stereocenters. The molecule has 0 atom stereocenters. The number of carboxylic acid groups (broad SMARTS) is 1. The minimum atomic E-state index is -0.870. The second-order valence-electron chi connectivity index (χ2n) is 6.01. The fraction of sp³-hybridized carbons (Fsp3) is 0.375. The molecule has 7 nitrogen and oxygen atoms in total. The van der Waals surface area contributed by atoms with E-state index < -0.39 is 11.5 Å². The van der Waals surface area contributed by atoms with Crippen LogP contribution in [-0.2, 0) is 10.5 Å². The van der Waals surface area contributed by atoms with Gasteiger partial charge in [0.15, 0.2) is 5.16 Å². The number of hydrogen-bond donors (Lipinski definition) is 3. The van der Waals surface area contributed by atoms with Gasteiger partial charge in [-0.25, -0.2) is 4.98 Å². The third-order valence-corrected chi connectivity index (χ3v) is 4.35. The maximum atomic E-state index is 12.3. The van der Waals surface area contributed by atoms with Crippen LogP contribution in [0.15, 0.2) is 35.7 Å². The van der Waals surface area contributed by atoms with Crippen LogP contribution in [0.2, 0.25) is 0 Å². The number of benzene rings is 1. The zero-order valence-corrected chi connectivity index (χ0v) is 14.4. The fourth-order valence-corrected chi connectivity index (χ4v) is 2.76. The second-order valence-corrected chi connectivity index (χ2v) is 6.97. The van der Waals surface area contributed by atoms with Crippen molar-refractivity contribution in [3.8, 4) is 0 Å². The summed E-state index contributed by atoms with van der Waals surface area (Å²) >= 11 is 1.53. The minimum Gasteiger partial charge on any atom is -0.481 e. The van der Waals surface area contributed by atoms with Gasteiger partial charge in [0.2, 0.25) is 0 Å². The molecule has 128 valence electrons. The van der Waals surface area contributed by atoms with Gasteiger partial charge in [-0.2, -0.15) is 5.10 Å². The highest BCUT2D eigenvalue weighted by Crippen LogP contribution is 2.19. The summed E-state index contributed by atoms with van der Waals surface area (Å²) in [6.07, 6.45) is 1.85. The fourth-order valence-electron chi connectivity index (χ4n) is 2.03. The van der Waals surface area contributed by atoms with Gasteiger partial charge in [-0.15, -0.1) is 0 Å². The molecule has 1 aromatic carbocycles. The van der Waals surface area contributed by atoms with Gasteiger partial charge in [0.25, 0.3) is 5.91 Å². The number of nitrogens with zero attached hydrogens (tertiary/aromatic N) is 2. The number of H-pyrrole nitrogens is 1. The molecule has 0 radical (unpaired) electrons. The lowest BCUT2D eigenvalue weighted by molar-refractivity contribution is -0.137. The summed E-state index contributed by atoms with van der Waals surface area (Å²) in [6, 6.07) is 7.31. The van der Waals surface area contributed by atoms with Crippen LogP contribution in [0.4, 0.5) is 0 Å². The number of thioether (sulfide) groups is 1. The molecular weight excluding hydrogens is 328 g/mol. The number of nitrogens with one attached hydrogen (secondary N) is 2.